The van der Waals surface area contributed by atoms with Crippen molar-refractivity contribution in [3.8, 4) is 11.5 Å². The number of allylic oxidation sites excluding steroid dienone is 2. The van der Waals surface area contributed by atoms with Gasteiger partial charge in [0.2, 0.25) is 0 Å². The van der Waals surface area contributed by atoms with E-state index in [2.05, 4.69) is 67.7 Å². The molecule has 2 heteroatoms. The summed E-state index contributed by atoms with van der Waals surface area (Å²) in [4.78, 5) is 0. The van der Waals surface area contributed by atoms with Gasteiger partial charge >= 0.3 is 0 Å². The minimum Gasteiger partial charge on any atom is -0.457 e. The summed E-state index contributed by atoms with van der Waals surface area (Å²) in [5, 5.41) is 3.85. The van der Waals surface area contributed by atoms with E-state index in [9.17, 15) is 0 Å². The molecule has 2 nitrogen and oxygen atoms in total. The van der Waals surface area contributed by atoms with Gasteiger partial charge in [0.15, 0.2) is 0 Å². The molecule has 0 unspecified atom stereocenters. The first kappa shape index (κ1) is 17.1. The fraction of sp³-hybridized carbons (Fsp3) is 0.231. The van der Waals surface area contributed by atoms with E-state index < -0.39 is 0 Å². The van der Waals surface area contributed by atoms with Crippen LogP contribution >= 0.6 is 0 Å². The van der Waals surface area contributed by atoms with E-state index in [-0.39, 0.29) is 0 Å². The predicted molar refractivity (Wildman–Crippen MR) is 115 cm³/mol. The fourth-order valence-electron chi connectivity index (χ4n) is 4.66. The lowest BCUT2D eigenvalue weighted by atomic mass is 9.76. The van der Waals surface area contributed by atoms with Crippen LogP contribution in [0.4, 0.5) is 5.69 Å². The Morgan fingerprint density at radius 1 is 0.857 bits per heavy atom. The molecule has 0 saturated heterocycles. The van der Waals surface area contributed by atoms with Crippen LogP contribution in [0, 0.1) is 19.8 Å². The highest BCUT2D eigenvalue weighted by atomic mass is 16.5. The molecule has 3 aromatic rings. The molecule has 3 aromatic carbocycles. The normalized spacial score (nSPS) is 22.3. The number of ether oxygens (including phenoxy) is 1. The van der Waals surface area contributed by atoms with Crippen LogP contribution in [0.1, 0.15) is 40.6 Å². The minimum absolute atomic E-state index is 0.341. The number of hydrogen-bond donors (Lipinski definition) is 1. The number of nitrogens with one attached hydrogen (secondary N) is 1. The van der Waals surface area contributed by atoms with Gasteiger partial charge in [0.25, 0.3) is 0 Å². The number of para-hydroxylation sites is 1. The maximum Gasteiger partial charge on any atom is 0.127 e. The zero-order chi connectivity index (χ0) is 19.1. The lowest BCUT2D eigenvalue weighted by molar-refractivity contribution is 0.421. The number of rotatable bonds is 3. The quantitative estimate of drug-likeness (QED) is 0.507. The second-order valence-electron chi connectivity index (χ2n) is 8.00. The Balaban J connectivity index is 1.51. The Bertz CT molecular complexity index is 1040. The fourth-order valence-corrected chi connectivity index (χ4v) is 4.66. The molecule has 0 radical (unpaired) electrons. The van der Waals surface area contributed by atoms with Crippen molar-refractivity contribution in [2.45, 2.75) is 32.2 Å². The maximum atomic E-state index is 6.09. The Hall–Kier alpha value is -3.00. The van der Waals surface area contributed by atoms with Gasteiger partial charge in [-0.1, -0.05) is 54.1 Å². The summed E-state index contributed by atoms with van der Waals surface area (Å²) in [5.41, 5.74) is 6.67. The molecule has 0 saturated carbocycles. The molecule has 0 aromatic heterocycles. The lowest BCUT2D eigenvalue weighted by Crippen LogP contribution is -2.29. The summed E-state index contributed by atoms with van der Waals surface area (Å²) < 4.78 is 6.09. The highest BCUT2D eigenvalue weighted by molar-refractivity contribution is 5.62. The molecular weight excluding hydrogens is 342 g/mol. The van der Waals surface area contributed by atoms with E-state index in [4.69, 9.17) is 4.74 Å². The first-order chi connectivity index (χ1) is 13.7. The lowest BCUT2D eigenvalue weighted by Gasteiger charge is -2.38. The molecule has 0 spiro atoms. The highest BCUT2D eigenvalue weighted by Gasteiger charge is 2.38. The van der Waals surface area contributed by atoms with Crippen LogP contribution in [-0.4, -0.2) is 0 Å². The van der Waals surface area contributed by atoms with Gasteiger partial charge in [0.1, 0.15) is 11.5 Å². The first-order valence-electron chi connectivity index (χ1n) is 10.1. The number of fused-ring (bicyclic) bond motifs is 3. The van der Waals surface area contributed by atoms with Gasteiger partial charge in [-0.25, -0.2) is 0 Å². The third-order valence-electron chi connectivity index (χ3n) is 6.08. The Morgan fingerprint density at radius 3 is 2.57 bits per heavy atom. The van der Waals surface area contributed by atoms with Crippen LogP contribution in [0.3, 0.4) is 0 Å². The van der Waals surface area contributed by atoms with Crippen molar-refractivity contribution in [3.63, 3.8) is 0 Å². The second kappa shape index (κ2) is 6.87. The molecule has 2 aliphatic rings. The van der Waals surface area contributed by atoms with Crippen LogP contribution in [0.5, 0.6) is 11.5 Å². The summed E-state index contributed by atoms with van der Waals surface area (Å²) in [7, 11) is 0. The van der Waals surface area contributed by atoms with E-state index in [1.165, 1.54) is 27.9 Å². The largest absolute Gasteiger partial charge is 0.457 e. The number of anilines is 1. The Kier molecular flexibility index (Phi) is 4.20. The molecule has 0 amide bonds. The van der Waals surface area contributed by atoms with Crippen molar-refractivity contribution in [2.75, 3.05) is 5.32 Å². The third-order valence-corrected chi connectivity index (χ3v) is 6.08. The third kappa shape index (κ3) is 2.99. The zero-order valence-corrected chi connectivity index (χ0v) is 16.4. The summed E-state index contributed by atoms with van der Waals surface area (Å²) in [6.07, 6.45) is 5.84. The highest BCUT2D eigenvalue weighted by Crippen LogP contribution is 2.51. The van der Waals surface area contributed by atoms with Crippen molar-refractivity contribution in [3.05, 3.63) is 101 Å². The van der Waals surface area contributed by atoms with Crippen LogP contribution in [0.2, 0.25) is 0 Å². The molecule has 140 valence electrons. The Morgan fingerprint density at radius 2 is 1.71 bits per heavy atom. The van der Waals surface area contributed by atoms with Crippen LogP contribution in [-0.2, 0) is 0 Å². The van der Waals surface area contributed by atoms with Gasteiger partial charge in [0, 0.05) is 11.6 Å². The molecule has 0 bridgehead atoms. The summed E-state index contributed by atoms with van der Waals surface area (Å²) in [6, 6.07) is 23.6. The van der Waals surface area contributed by atoms with Gasteiger partial charge in [-0.05, 0) is 73.2 Å². The van der Waals surface area contributed by atoms with Gasteiger partial charge in [-0.2, -0.15) is 0 Å². The predicted octanol–water partition coefficient (Wildman–Crippen LogP) is 6.92. The molecule has 1 aliphatic carbocycles. The number of hydrogen-bond acceptors (Lipinski definition) is 2. The van der Waals surface area contributed by atoms with Crippen molar-refractivity contribution in [1.82, 2.24) is 0 Å². The molecule has 5 rings (SSSR count). The number of aryl methyl sites for hydroxylation is 2. The van der Waals surface area contributed by atoms with Gasteiger partial charge < -0.3 is 10.1 Å². The average molecular weight is 367 g/mol. The van der Waals surface area contributed by atoms with Crippen LogP contribution in [0.15, 0.2) is 78.9 Å². The average Bonchev–Trinajstić information content (AvgIpc) is 3.20. The molecule has 1 heterocycles. The molecular formula is C26H25NO. The Labute approximate surface area is 166 Å². The summed E-state index contributed by atoms with van der Waals surface area (Å²) >= 11 is 0. The topological polar surface area (TPSA) is 21.3 Å². The summed E-state index contributed by atoms with van der Waals surface area (Å²) in [5.74, 6) is 2.74. The SMILES string of the molecule is Cc1ccc(C)c([C@@H]2Nc3ccc(Oc4ccccc4)cc3[C@@H]3C=CC[C@@H]32)c1. The van der Waals surface area contributed by atoms with Gasteiger partial charge in [-0.15, -0.1) is 0 Å². The smallest absolute Gasteiger partial charge is 0.127 e. The zero-order valence-electron chi connectivity index (χ0n) is 16.4. The van der Waals surface area contributed by atoms with Crippen LogP contribution in [0.25, 0.3) is 0 Å². The standard InChI is InChI=1S/C26H25NO/c1-17-11-12-18(2)23(15-17)26-22-10-6-9-21(22)24-16-20(13-14-25(24)27-26)28-19-7-4-3-5-8-19/h3-9,11-16,21-22,26-27H,10H2,1-2H3/t21-,22+,26-/m1/s1. The van der Waals surface area contributed by atoms with E-state index in [0.717, 1.165) is 17.9 Å². The molecule has 28 heavy (non-hydrogen) atoms. The molecule has 1 aliphatic heterocycles. The van der Waals surface area contributed by atoms with Crippen molar-refractivity contribution in [2.24, 2.45) is 5.92 Å². The molecule has 1 N–H and O–H groups in total. The first-order valence-corrected chi connectivity index (χ1v) is 10.1. The summed E-state index contributed by atoms with van der Waals surface area (Å²) in [6.45, 7) is 4.40. The molecule has 3 atom stereocenters. The van der Waals surface area contributed by atoms with Crippen molar-refractivity contribution < 1.29 is 4.74 Å². The monoisotopic (exact) mass is 367 g/mol. The van der Waals surface area contributed by atoms with Gasteiger partial charge in [-0.3, -0.25) is 0 Å². The van der Waals surface area contributed by atoms with E-state index >= 15 is 0 Å². The molecule has 0 fully saturated rings. The van der Waals surface area contributed by atoms with E-state index in [0.29, 0.717) is 17.9 Å². The van der Waals surface area contributed by atoms with Crippen LogP contribution < -0.4 is 10.1 Å². The van der Waals surface area contributed by atoms with Gasteiger partial charge in [0.05, 0.1) is 6.04 Å². The number of benzene rings is 3. The van der Waals surface area contributed by atoms with E-state index in [1.807, 2.05) is 30.3 Å². The van der Waals surface area contributed by atoms with Crippen molar-refractivity contribution in [1.29, 1.82) is 0 Å². The second-order valence-corrected chi connectivity index (χ2v) is 8.00. The maximum absolute atomic E-state index is 6.09. The van der Waals surface area contributed by atoms with Crippen molar-refractivity contribution >= 4 is 5.69 Å². The van der Waals surface area contributed by atoms with E-state index in [1.54, 1.807) is 0 Å². The minimum atomic E-state index is 0.341.